The third-order valence-electron chi connectivity index (χ3n) is 3.91. The van der Waals surface area contributed by atoms with Gasteiger partial charge in [-0.15, -0.1) is 0 Å². The van der Waals surface area contributed by atoms with Gasteiger partial charge in [0, 0.05) is 39.7 Å². The second-order valence-corrected chi connectivity index (χ2v) is 5.82. The van der Waals surface area contributed by atoms with Crippen molar-refractivity contribution in [1.29, 1.82) is 0 Å². The van der Waals surface area contributed by atoms with Gasteiger partial charge in [0.05, 0.1) is 6.61 Å². The Kier molecular flexibility index (Phi) is 3.92. The molecule has 1 aliphatic heterocycles. The Morgan fingerprint density at radius 1 is 1.53 bits per heavy atom. The lowest BCUT2D eigenvalue weighted by atomic mass is 10.1. The molecule has 2 aliphatic rings. The molecule has 1 aliphatic carbocycles. The summed E-state index contributed by atoms with van der Waals surface area (Å²) in [5.41, 5.74) is 0.521. The number of guanidine groups is 1. The summed E-state index contributed by atoms with van der Waals surface area (Å²) in [6, 6.07) is 0. The molecule has 1 atom stereocenters. The Bertz CT molecular complexity index is 280. The molecule has 0 radical (unpaired) electrons. The topological polar surface area (TPSA) is 36.9 Å². The smallest absolute Gasteiger partial charge is 0.193 e. The molecule has 2 rings (SSSR count). The molecule has 4 heteroatoms. The number of aliphatic imine (C=N–C) groups is 1. The predicted molar refractivity (Wildman–Crippen MR) is 70.3 cm³/mol. The molecule has 0 aromatic heterocycles. The van der Waals surface area contributed by atoms with Crippen molar-refractivity contribution in [1.82, 2.24) is 10.2 Å². The van der Waals surface area contributed by atoms with Crippen LogP contribution in [0.2, 0.25) is 0 Å². The van der Waals surface area contributed by atoms with E-state index in [2.05, 4.69) is 29.2 Å². The van der Waals surface area contributed by atoms with Crippen LogP contribution in [0.5, 0.6) is 0 Å². The Labute approximate surface area is 104 Å². The molecule has 4 nitrogen and oxygen atoms in total. The highest BCUT2D eigenvalue weighted by molar-refractivity contribution is 5.79. The highest BCUT2D eigenvalue weighted by Crippen LogP contribution is 2.44. The molecule has 0 spiro atoms. The monoisotopic (exact) mass is 239 g/mol. The Balaban J connectivity index is 1.76. The van der Waals surface area contributed by atoms with Crippen LogP contribution in [0.3, 0.4) is 0 Å². The highest BCUT2D eigenvalue weighted by Gasteiger charge is 2.37. The molecule has 2 fully saturated rings. The number of rotatable bonds is 4. The molecule has 1 saturated heterocycles. The standard InChI is InChI=1S/C13H25N3O/c1-13(5-6-13)10-15-12(14-2)16(3)8-11-4-7-17-9-11/h11H,4-10H2,1-3H3,(H,14,15). The van der Waals surface area contributed by atoms with Gasteiger partial charge in [0.2, 0.25) is 0 Å². The van der Waals surface area contributed by atoms with Gasteiger partial charge in [-0.2, -0.15) is 0 Å². The molecule has 0 aromatic carbocycles. The normalized spacial score (nSPS) is 27.0. The van der Waals surface area contributed by atoms with E-state index < -0.39 is 0 Å². The van der Waals surface area contributed by atoms with E-state index in [1.165, 1.54) is 19.3 Å². The third kappa shape index (κ3) is 3.60. The molecular weight excluding hydrogens is 214 g/mol. The van der Waals surface area contributed by atoms with Crippen molar-refractivity contribution in [2.24, 2.45) is 16.3 Å². The lowest BCUT2D eigenvalue weighted by molar-refractivity contribution is 0.181. The van der Waals surface area contributed by atoms with Gasteiger partial charge in [0.25, 0.3) is 0 Å². The maximum absolute atomic E-state index is 5.41. The quantitative estimate of drug-likeness (QED) is 0.594. The van der Waals surface area contributed by atoms with E-state index in [1.54, 1.807) is 0 Å². The summed E-state index contributed by atoms with van der Waals surface area (Å²) in [6.45, 7) is 6.24. The van der Waals surface area contributed by atoms with Crippen LogP contribution in [0.25, 0.3) is 0 Å². The highest BCUT2D eigenvalue weighted by atomic mass is 16.5. The average molecular weight is 239 g/mol. The number of hydrogen-bond donors (Lipinski definition) is 1. The van der Waals surface area contributed by atoms with E-state index in [0.717, 1.165) is 32.3 Å². The minimum atomic E-state index is 0.521. The SMILES string of the molecule is CN=C(NCC1(C)CC1)N(C)CC1CCOC1. The first-order valence-corrected chi connectivity index (χ1v) is 6.62. The summed E-state index contributed by atoms with van der Waals surface area (Å²) >= 11 is 0. The fourth-order valence-electron chi connectivity index (χ4n) is 2.27. The molecule has 0 amide bonds. The number of hydrogen-bond acceptors (Lipinski definition) is 2. The van der Waals surface area contributed by atoms with Gasteiger partial charge in [0.1, 0.15) is 0 Å². The first-order valence-electron chi connectivity index (χ1n) is 6.62. The summed E-state index contributed by atoms with van der Waals surface area (Å²) in [4.78, 5) is 6.58. The Hall–Kier alpha value is -0.770. The van der Waals surface area contributed by atoms with Crippen molar-refractivity contribution >= 4 is 5.96 Å². The summed E-state index contributed by atoms with van der Waals surface area (Å²) in [5.74, 6) is 1.68. The molecule has 1 unspecified atom stereocenters. The summed E-state index contributed by atoms with van der Waals surface area (Å²) in [5, 5.41) is 3.48. The van der Waals surface area contributed by atoms with Crippen molar-refractivity contribution in [3.8, 4) is 0 Å². The molecule has 1 heterocycles. The van der Waals surface area contributed by atoms with E-state index >= 15 is 0 Å². The predicted octanol–water partition coefficient (Wildman–Crippen LogP) is 1.33. The average Bonchev–Trinajstić information content (AvgIpc) is 2.82. The minimum Gasteiger partial charge on any atom is -0.381 e. The van der Waals surface area contributed by atoms with Crippen LogP contribution < -0.4 is 5.32 Å². The summed E-state index contributed by atoms with van der Waals surface area (Å²) in [7, 11) is 3.97. The summed E-state index contributed by atoms with van der Waals surface area (Å²) < 4.78 is 5.41. The molecule has 17 heavy (non-hydrogen) atoms. The molecular formula is C13H25N3O. The fourth-order valence-corrected chi connectivity index (χ4v) is 2.27. The van der Waals surface area contributed by atoms with E-state index in [1.807, 2.05) is 7.05 Å². The lowest BCUT2D eigenvalue weighted by Crippen LogP contribution is -2.43. The van der Waals surface area contributed by atoms with E-state index in [-0.39, 0.29) is 0 Å². The first-order chi connectivity index (χ1) is 8.13. The Morgan fingerprint density at radius 3 is 2.82 bits per heavy atom. The van der Waals surface area contributed by atoms with Crippen LogP contribution in [-0.2, 0) is 4.74 Å². The van der Waals surface area contributed by atoms with Crippen LogP contribution in [0, 0.1) is 11.3 Å². The number of nitrogens with zero attached hydrogens (tertiary/aromatic N) is 2. The van der Waals surface area contributed by atoms with Crippen LogP contribution in [0.4, 0.5) is 0 Å². The number of ether oxygens (including phenoxy) is 1. The largest absolute Gasteiger partial charge is 0.381 e. The van der Waals surface area contributed by atoms with E-state index in [9.17, 15) is 0 Å². The van der Waals surface area contributed by atoms with Crippen molar-refractivity contribution in [3.63, 3.8) is 0 Å². The van der Waals surface area contributed by atoms with Crippen molar-refractivity contribution in [3.05, 3.63) is 0 Å². The van der Waals surface area contributed by atoms with Crippen molar-refractivity contribution in [2.45, 2.75) is 26.2 Å². The zero-order valence-electron chi connectivity index (χ0n) is 11.3. The van der Waals surface area contributed by atoms with Gasteiger partial charge in [-0.25, -0.2) is 0 Å². The second kappa shape index (κ2) is 5.25. The van der Waals surface area contributed by atoms with Crippen LogP contribution in [-0.4, -0.2) is 51.3 Å². The molecule has 0 aromatic rings. The maximum atomic E-state index is 5.41. The van der Waals surface area contributed by atoms with Gasteiger partial charge in [-0.05, 0) is 24.7 Å². The van der Waals surface area contributed by atoms with Gasteiger partial charge in [-0.3, -0.25) is 4.99 Å². The van der Waals surface area contributed by atoms with Crippen LogP contribution >= 0.6 is 0 Å². The zero-order chi connectivity index (χ0) is 12.3. The number of nitrogens with one attached hydrogen (secondary N) is 1. The maximum Gasteiger partial charge on any atom is 0.193 e. The van der Waals surface area contributed by atoms with Gasteiger partial charge in [-0.1, -0.05) is 6.92 Å². The van der Waals surface area contributed by atoms with Crippen molar-refractivity contribution in [2.75, 3.05) is 40.4 Å². The lowest BCUT2D eigenvalue weighted by Gasteiger charge is -2.25. The first kappa shape index (κ1) is 12.7. The minimum absolute atomic E-state index is 0.521. The fraction of sp³-hybridized carbons (Fsp3) is 0.923. The third-order valence-corrected chi connectivity index (χ3v) is 3.91. The Morgan fingerprint density at radius 2 is 2.29 bits per heavy atom. The van der Waals surface area contributed by atoms with E-state index in [4.69, 9.17) is 4.74 Å². The summed E-state index contributed by atoms with van der Waals surface area (Å²) in [6.07, 6.45) is 3.87. The van der Waals surface area contributed by atoms with Gasteiger partial charge >= 0.3 is 0 Å². The van der Waals surface area contributed by atoms with Crippen LogP contribution in [0.1, 0.15) is 26.2 Å². The van der Waals surface area contributed by atoms with Crippen LogP contribution in [0.15, 0.2) is 4.99 Å². The van der Waals surface area contributed by atoms with E-state index in [0.29, 0.717) is 11.3 Å². The molecule has 1 N–H and O–H groups in total. The van der Waals surface area contributed by atoms with Crippen molar-refractivity contribution < 1.29 is 4.74 Å². The second-order valence-electron chi connectivity index (χ2n) is 5.82. The zero-order valence-corrected chi connectivity index (χ0v) is 11.3. The molecule has 0 bridgehead atoms. The van der Waals surface area contributed by atoms with Gasteiger partial charge in [0.15, 0.2) is 5.96 Å². The molecule has 1 saturated carbocycles. The molecule has 98 valence electrons. The van der Waals surface area contributed by atoms with Gasteiger partial charge < -0.3 is 15.0 Å².